The third-order valence-corrected chi connectivity index (χ3v) is 3.70. The fraction of sp³-hybridized carbons (Fsp3) is 0.500. The molecule has 1 saturated carbocycles. The zero-order valence-corrected chi connectivity index (χ0v) is 12.3. The van der Waals surface area contributed by atoms with E-state index in [9.17, 15) is 4.79 Å². The van der Waals surface area contributed by atoms with Crippen molar-refractivity contribution in [3.63, 3.8) is 0 Å². The van der Waals surface area contributed by atoms with Crippen LogP contribution in [0.4, 0.5) is 5.69 Å². The second kappa shape index (κ2) is 6.91. The van der Waals surface area contributed by atoms with E-state index in [0.29, 0.717) is 4.47 Å². The smallest absolute Gasteiger partial charge is 0.336 e. The normalized spacial score (nSPS) is 14.4. The molecule has 2 N–H and O–H groups in total. The maximum absolute atomic E-state index is 10.9. The Morgan fingerprint density at radius 1 is 1.47 bits per heavy atom. The van der Waals surface area contributed by atoms with E-state index < -0.39 is 5.97 Å². The summed E-state index contributed by atoms with van der Waals surface area (Å²) in [6.07, 6.45) is 3.59. The summed E-state index contributed by atoms with van der Waals surface area (Å²) in [5.41, 5.74) is 1.19. The summed E-state index contributed by atoms with van der Waals surface area (Å²) in [5.74, 6) is -0.112. The summed E-state index contributed by atoms with van der Waals surface area (Å²) < 4.78 is 6.14. The highest BCUT2D eigenvalue weighted by atomic mass is 79.9. The lowest BCUT2D eigenvalue weighted by Crippen LogP contribution is -2.07. The van der Waals surface area contributed by atoms with Crippen molar-refractivity contribution in [3.8, 4) is 0 Å². The number of aromatic carboxylic acids is 1. The first-order chi connectivity index (χ1) is 9.16. The third-order valence-electron chi connectivity index (χ3n) is 3.04. The van der Waals surface area contributed by atoms with Crippen LogP contribution in [-0.2, 0) is 4.74 Å². The van der Waals surface area contributed by atoms with Crippen molar-refractivity contribution in [1.29, 1.82) is 0 Å². The predicted octanol–water partition coefficient (Wildman–Crippen LogP) is 3.38. The summed E-state index contributed by atoms with van der Waals surface area (Å²) in [7, 11) is 0. The Morgan fingerprint density at radius 2 is 2.26 bits per heavy atom. The number of anilines is 1. The molecule has 5 heteroatoms. The Labute approximate surface area is 121 Å². The van der Waals surface area contributed by atoms with E-state index in [0.717, 1.165) is 37.8 Å². The fourth-order valence-corrected chi connectivity index (χ4v) is 2.29. The quantitative estimate of drug-likeness (QED) is 0.718. The van der Waals surface area contributed by atoms with Crippen LogP contribution in [0.25, 0.3) is 0 Å². The first-order valence-corrected chi connectivity index (χ1v) is 7.30. The molecule has 1 aromatic carbocycles. The highest BCUT2D eigenvalue weighted by Gasteiger charge is 2.20. The fourth-order valence-electron chi connectivity index (χ4n) is 1.74. The molecule has 0 amide bonds. The average molecular weight is 328 g/mol. The number of carboxylic acid groups (broad SMARTS) is 1. The summed E-state index contributed by atoms with van der Waals surface area (Å²) in [6, 6.07) is 5.16. The van der Waals surface area contributed by atoms with Gasteiger partial charge < -0.3 is 15.2 Å². The monoisotopic (exact) mass is 327 g/mol. The third kappa shape index (κ3) is 4.84. The largest absolute Gasteiger partial charge is 0.478 e. The molecule has 1 aliphatic carbocycles. The molecule has 0 radical (unpaired) electrons. The first-order valence-electron chi connectivity index (χ1n) is 6.51. The van der Waals surface area contributed by atoms with E-state index in [1.807, 2.05) is 0 Å². The van der Waals surface area contributed by atoms with Gasteiger partial charge in [-0.2, -0.15) is 0 Å². The zero-order valence-electron chi connectivity index (χ0n) is 10.7. The highest BCUT2D eigenvalue weighted by Crippen LogP contribution is 2.28. The van der Waals surface area contributed by atoms with Gasteiger partial charge >= 0.3 is 5.97 Å². The van der Waals surface area contributed by atoms with Crippen LogP contribution >= 0.6 is 15.9 Å². The Hall–Kier alpha value is -1.07. The zero-order chi connectivity index (χ0) is 13.7. The van der Waals surface area contributed by atoms with Crippen LogP contribution < -0.4 is 5.32 Å². The minimum absolute atomic E-state index is 0.276. The van der Waals surface area contributed by atoms with Crippen molar-refractivity contribution in [2.24, 2.45) is 5.92 Å². The molecule has 4 nitrogen and oxygen atoms in total. The van der Waals surface area contributed by atoms with Crippen LogP contribution in [0, 0.1) is 5.92 Å². The number of rotatable bonds is 8. The van der Waals surface area contributed by atoms with Crippen LogP contribution in [0.3, 0.4) is 0 Å². The first kappa shape index (κ1) is 14.3. The van der Waals surface area contributed by atoms with Gasteiger partial charge in [0, 0.05) is 29.9 Å². The van der Waals surface area contributed by atoms with E-state index in [1.54, 1.807) is 18.2 Å². The molecule has 0 aliphatic heterocycles. The van der Waals surface area contributed by atoms with Crippen molar-refractivity contribution in [3.05, 3.63) is 28.2 Å². The molecule has 0 saturated heterocycles. The number of hydrogen-bond donors (Lipinski definition) is 2. The van der Waals surface area contributed by atoms with Gasteiger partial charge in [0.1, 0.15) is 0 Å². The van der Waals surface area contributed by atoms with Crippen LogP contribution in [0.1, 0.15) is 29.6 Å². The minimum atomic E-state index is -0.924. The lowest BCUT2D eigenvalue weighted by Gasteiger charge is -2.08. The van der Waals surface area contributed by atoms with E-state index >= 15 is 0 Å². The van der Waals surface area contributed by atoms with Crippen molar-refractivity contribution < 1.29 is 14.6 Å². The molecule has 0 bridgehead atoms. The van der Waals surface area contributed by atoms with Gasteiger partial charge in [0.05, 0.1) is 5.56 Å². The lowest BCUT2D eigenvalue weighted by atomic mass is 10.2. The van der Waals surface area contributed by atoms with Gasteiger partial charge in [0.25, 0.3) is 0 Å². The van der Waals surface area contributed by atoms with Crippen LogP contribution in [0.5, 0.6) is 0 Å². The molecule has 2 rings (SSSR count). The van der Waals surface area contributed by atoms with Crippen LogP contribution in [0.2, 0.25) is 0 Å². The van der Waals surface area contributed by atoms with E-state index in [-0.39, 0.29) is 5.56 Å². The van der Waals surface area contributed by atoms with Gasteiger partial charge in [-0.1, -0.05) is 0 Å². The van der Waals surface area contributed by atoms with Crippen molar-refractivity contribution in [1.82, 2.24) is 0 Å². The van der Waals surface area contributed by atoms with Gasteiger partial charge in [-0.15, -0.1) is 0 Å². The maximum Gasteiger partial charge on any atom is 0.336 e. The van der Waals surface area contributed by atoms with E-state index in [2.05, 4.69) is 21.2 Å². The standard InChI is InChI=1S/C14H18BrNO3/c15-13-8-11(4-5-12(13)14(17)18)16-6-1-7-19-9-10-2-3-10/h4-5,8,10,16H,1-3,6-7,9H2,(H,17,18). The van der Waals surface area contributed by atoms with Crippen LogP contribution in [-0.4, -0.2) is 30.8 Å². The summed E-state index contributed by atoms with van der Waals surface area (Å²) in [4.78, 5) is 10.9. The second-order valence-corrected chi connectivity index (χ2v) is 5.65. The van der Waals surface area contributed by atoms with Gasteiger partial charge in [-0.05, 0) is 59.3 Å². The van der Waals surface area contributed by atoms with Crippen molar-refractivity contribution >= 4 is 27.6 Å². The molecule has 0 spiro atoms. The second-order valence-electron chi connectivity index (χ2n) is 4.80. The van der Waals surface area contributed by atoms with Gasteiger partial charge in [0.2, 0.25) is 0 Å². The summed E-state index contributed by atoms with van der Waals surface area (Å²) in [6.45, 7) is 2.50. The average Bonchev–Trinajstić information content (AvgIpc) is 3.17. The van der Waals surface area contributed by atoms with Gasteiger partial charge in [-0.3, -0.25) is 0 Å². The molecule has 0 heterocycles. The van der Waals surface area contributed by atoms with E-state index in [1.165, 1.54) is 12.8 Å². The molecule has 1 fully saturated rings. The summed E-state index contributed by atoms with van der Waals surface area (Å²) in [5, 5.41) is 12.2. The maximum atomic E-state index is 10.9. The van der Waals surface area contributed by atoms with E-state index in [4.69, 9.17) is 9.84 Å². The number of benzene rings is 1. The Bertz CT molecular complexity index is 446. The molecular formula is C14H18BrNO3. The van der Waals surface area contributed by atoms with Crippen molar-refractivity contribution in [2.45, 2.75) is 19.3 Å². The molecular weight excluding hydrogens is 310 g/mol. The SMILES string of the molecule is O=C(O)c1ccc(NCCCOCC2CC2)cc1Br. The van der Waals surface area contributed by atoms with Gasteiger partial charge in [-0.25, -0.2) is 4.79 Å². The molecule has 1 aromatic rings. The number of carbonyl (C=O) groups is 1. The number of halogens is 1. The van der Waals surface area contributed by atoms with Gasteiger partial charge in [0.15, 0.2) is 0 Å². The lowest BCUT2D eigenvalue weighted by molar-refractivity contribution is 0.0696. The van der Waals surface area contributed by atoms with Crippen molar-refractivity contribution in [2.75, 3.05) is 25.1 Å². The Morgan fingerprint density at radius 3 is 2.89 bits per heavy atom. The molecule has 1 aliphatic rings. The summed E-state index contributed by atoms with van der Waals surface area (Å²) >= 11 is 3.26. The number of hydrogen-bond acceptors (Lipinski definition) is 3. The molecule has 0 aromatic heterocycles. The molecule has 104 valence electrons. The number of ether oxygens (including phenoxy) is 1. The predicted molar refractivity (Wildman–Crippen MR) is 77.8 cm³/mol. The molecule has 19 heavy (non-hydrogen) atoms. The molecule has 0 atom stereocenters. The number of carboxylic acids is 1. The molecule has 0 unspecified atom stereocenters. The number of nitrogens with one attached hydrogen (secondary N) is 1. The highest BCUT2D eigenvalue weighted by molar-refractivity contribution is 9.10. The minimum Gasteiger partial charge on any atom is -0.478 e. The Balaban J connectivity index is 1.67. The Kier molecular flexibility index (Phi) is 5.22. The topological polar surface area (TPSA) is 58.6 Å². The van der Waals surface area contributed by atoms with Crippen LogP contribution in [0.15, 0.2) is 22.7 Å².